The van der Waals surface area contributed by atoms with Crippen molar-refractivity contribution in [3.63, 3.8) is 0 Å². The average Bonchev–Trinajstić information content (AvgIpc) is 3.16. The first kappa shape index (κ1) is 22.7. The zero-order valence-corrected chi connectivity index (χ0v) is 18.7. The third-order valence-electron chi connectivity index (χ3n) is 5.44. The molecular weight excluding hydrogens is 425 g/mol. The third-order valence-corrected chi connectivity index (χ3v) is 5.44. The number of aromatic nitrogens is 2. The summed E-state index contributed by atoms with van der Waals surface area (Å²) in [7, 11) is 0. The van der Waals surface area contributed by atoms with Gasteiger partial charge in [0.05, 0.1) is 35.3 Å². The van der Waals surface area contributed by atoms with Crippen molar-refractivity contribution in [3.8, 4) is 0 Å². The predicted molar refractivity (Wildman–Crippen MR) is 128 cm³/mol. The van der Waals surface area contributed by atoms with Crippen molar-refractivity contribution >= 4 is 34.8 Å². The molecule has 174 valence electrons. The number of carbonyl (C=O) groups is 1. The van der Waals surface area contributed by atoms with Crippen molar-refractivity contribution in [2.24, 2.45) is 4.99 Å². The number of rotatable bonds is 6. The Morgan fingerprint density at radius 1 is 1.39 bits per heavy atom. The zero-order valence-electron chi connectivity index (χ0n) is 18.7. The van der Waals surface area contributed by atoms with Crippen LogP contribution in [0.3, 0.4) is 0 Å². The molecule has 0 saturated carbocycles. The summed E-state index contributed by atoms with van der Waals surface area (Å²) in [5.41, 5.74) is 9.63. The van der Waals surface area contributed by atoms with E-state index in [1.165, 1.54) is 10.5 Å². The number of nitrogens with zero attached hydrogens (tertiary/aromatic N) is 4. The van der Waals surface area contributed by atoms with Crippen LogP contribution in [0.4, 0.5) is 21.5 Å². The molecule has 10 heteroatoms. The predicted octanol–water partition coefficient (Wildman–Crippen LogP) is 1.83. The summed E-state index contributed by atoms with van der Waals surface area (Å²) >= 11 is 0. The molecule has 1 atom stereocenters. The fourth-order valence-electron chi connectivity index (χ4n) is 3.88. The van der Waals surface area contributed by atoms with Gasteiger partial charge in [0.15, 0.2) is 11.5 Å². The zero-order chi connectivity index (χ0) is 23.5. The van der Waals surface area contributed by atoms with Crippen LogP contribution < -0.4 is 21.3 Å². The molecule has 0 radical (unpaired) electrons. The Hall–Kier alpha value is -3.50. The van der Waals surface area contributed by atoms with Gasteiger partial charge < -0.3 is 30.8 Å². The number of carbonyl (C=O) groups excluding carboxylic acids is 1. The number of nitrogen functional groups attached to an aromatic ring is 1. The number of benzene rings is 1. The lowest BCUT2D eigenvalue weighted by molar-refractivity contribution is 0.102. The Morgan fingerprint density at radius 3 is 2.88 bits per heavy atom. The highest BCUT2D eigenvalue weighted by Crippen LogP contribution is 2.29. The number of aliphatic imine (C=N–C) groups is 1. The lowest BCUT2D eigenvalue weighted by atomic mass is 10.0. The molecule has 3 heterocycles. The van der Waals surface area contributed by atoms with Crippen LogP contribution in [0.15, 0.2) is 35.6 Å². The topological polar surface area (TPSA) is 120 Å². The standard InChI is InChI=1S/C23H28FN7O2/c1-14-12-31-13-16(9-19(24)22(31)28-14)29-23(33)17-3-4-20(30-7-5-26-6-8-30)18(21(17)25)11-27-10-15(2)32/h3-4,9,11-13,15,26,32H,5-8,10,25H2,1-2H3,(H,29,33). The van der Waals surface area contributed by atoms with Gasteiger partial charge in [-0.2, -0.15) is 0 Å². The molecular formula is C23H28FN7O2. The van der Waals surface area contributed by atoms with E-state index in [0.29, 0.717) is 11.3 Å². The monoisotopic (exact) mass is 453 g/mol. The summed E-state index contributed by atoms with van der Waals surface area (Å²) in [6.07, 6.45) is 4.30. The first-order valence-electron chi connectivity index (χ1n) is 10.9. The number of pyridine rings is 1. The van der Waals surface area contributed by atoms with Gasteiger partial charge in [0.1, 0.15) is 0 Å². The largest absolute Gasteiger partial charge is 0.397 e. The normalized spacial score (nSPS) is 15.3. The number of aryl methyl sites for hydroxylation is 1. The van der Waals surface area contributed by atoms with Crippen LogP contribution in [0.25, 0.3) is 5.65 Å². The number of piperazine rings is 1. The molecule has 5 N–H and O–H groups in total. The smallest absolute Gasteiger partial charge is 0.257 e. The van der Waals surface area contributed by atoms with Crippen LogP contribution in [0.2, 0.25) is 0 Å². The average molecular weight is 454 g/mol. The van der Waals surface area contributed by atoms with Gasteiger partial charge in [-0.3, -0.25) is 9.79 Å². The number of nitrogens with two attached hydrogens (primary N) is 1. The van der Waals surface area contributed by atoms with E-state index >= 15 is 0 Å². The summed E-state index contributed by atoms with van der Waals surface area (Å²) in [6.45, 7) is 6.92. The number of aliphatic hydroxyl groups is 1. The lowest BCUT2D eigenvalue weighted by Gasteiger charge is -2.31. The molecule has 2 aromatic heterocycles. The quantitative estimate of drug-likeness (QED) is 0.334. The van der Waals surface area contributed by atoms with E-state index in [2.05, 4.69) is 25.5 Å². The Bertz CT molecular complexity index is 1200. The summed E-state index contributed by atoms with van der Waals surface area (Å²) in [5.74, 6) is -0.992. The highest BCUT2D eigenvalue weighted by Gasteiger charge is 2.20. The molecule has 3 aromatic rings. The number of anilines is 3. The van der Waals surface area contributed by atoms with Gasteiger partial charge in [0.25, 0.3) is 5.91 Å². The van der Waals surface area contributed by atoms with E-state index in [4.69, 9.17) is 5.73 Å². The summed E-state index contributed by atoms with van der Waals surface area (Å²) in [4.78, 5) is 23.7. The molecule has 9 nitrogen and oxygen atoms in total. The van der Waals surface area contributed by atoms with Crippen LogP contribution in [0, 0.1) is 12.7 Å². The van der Waals surface area contributed by atoms with E-state index < -0.39 is 17.8 Å². The second-order valence-corrected chi connectivity index (χ2v) is 8.18. The molecule has 1 saturated heterocycles. The van der Waals surface area contributed by atoms with E-state index in [1.54, 1.807) is 38.5 Å². The van der Waals surface area contributed by atoms with Gasteiger partial charge in [-0.1, -0.05) is 0 Å². The Morgan fingerprint density at radius 2 is 2.15 bits per heavy atom. The minimum absolute atomic E-state index is 0.196. The maximum absolute atomic E-state index is 14.4. The minimum atomic E-state index is -0.590. The number of fused-ring (bicyclic) bond motifs is 1. The highest BCUT2D eigenvalue weighted by atomic mass is 19.1. The van der Waals surface area contributed by atoms with E-state index in [-0.39, 0.29) is 29.1 Å². The van der Waals surface area contributed by atoms with E-state index in [9.17, 15) is 14.3 Å². The maximum atomic E-state index is 14.4. The molecule has 1 unspecified atom stereocenters. The van der Waals surface area contributed by atoms with Gasteiger partial charge in [-0.25, -0.2) is 9.37 Å². The first-order valence-corrected chi connectivity index (χ1v) is 10.9. The SMILES string of the molecule is Cc1cn2cc(NC(=O)c3ccc(N4CCNCC4)c(C=NCC(C)O)c3N)cc(F)c2n1. The third kappa shape index (κ3) is 4.96. The second kappa shape index (κ2) is 9.55. The summed E-state index contributed by atoms with van der Waals surface area (Å²) in [5, 5.41) is 15.6. The minimum Gasteiger partial charge on any atom is -0.397 e. The Balaban J connectivity index is 1.66. The van der Waals surface area contributed by atoms with E-state index in [1.807, 2.05) is 6.07 Å². The maximum Gasteiger partial charge on any atom is 0.257 e. The van der Waals surface area contributed by atoms with Crippen LogP contribution in [-0.4, -0.2) is 65.4 Å². The molecule has 1 amide bonds. The highest BCUT2D eigenvalue weighted by molar-refractivity contribution is 6.11. The van der Waals surface area contributed by atoms with Gasteiger partial charge in [0.2, 0.25) is 0 Å². The second-order valence-electron chi connectivity index (χ2n) is 8.18. The fourth-order valence-corrected chi connectivity index (χ4v) is 3.88. The van der Waals surface area contributed by atoms with Gasteiger partial charge >= 0.3 is 0 Å². The van der Waals surface area contributed by atoms with Gasteiger partial charge in [-0.15, -0.1) is 0 Å². The van der Waals surface area contributed by atoms with Crippen LogP contribution in [0.5, 0.6) is 0 Å². The number of halogens is 1. The Labute approximate surface area is 191 Å². The van der Waals surface area contributed by atoms with Crippen molar-refractivity contribution in [1.29, 1.82) is 0 Å². The lowest BCUT2D eigenvalue weighted by Crippen LogP contribution is -2.44. The van der Waals surface area contributed by atoms with Gasteiger partial charge in [-0.05, 0) is 26.0 Å². The fraction of sp³-hybridized carbons (Fsp3) is 0.348. The van der Waals surface area contributed by atoms with E-state index in [0.717, 1.165) is 31.9 Å². The number of hydrogen-bond acceptors (Lipinski definition) is 7. The molecule has 0 bridgehead atoms. The van der Waals surface area contributed by atoms with Gasteiger partial charge in [0, 0.05) is 62.1 Å². The van der Waals surface area contributed by atoms with Crippen LogP contribution in [-0.2, 0) is 0 Å². The molecule has 0 aliphatic carbocycles. The molecule has 4 rings (SSSR count). The van der Waals surface area contributed by atoms with Crippen molar-refractivity contribution in [2.75, 3.05) is 48.7 Å². The molecule has 1 aliphatic rings. The van der Waals surface area contributed by atoms with Crippen LogP contribution in [0.1, 0.15) is 28.5 Å². The van der Waals surface area contributed by atoms with Crippen molar-refractivity contribution in [2.45, 2.75) is 20.0 Å². The Kier molecular flexibility index (Phi) is 6.57. The summed E-state index contributed by atoms with van der Waals surface area (Å²) in [6, 6.07) is 4.75. The molecule has 1 fully saturated rings. The molecule has 33 heavy (non-hydrogen) atoms. The van der Waals surface area contributed by atoms with Crippen molar-refractivity contribution < 1.29 is 14.3 Å². The number of nitrogens with one attached hydrogen (secondary N) is 2. The molecule has 1 aliphatic heterocycles. The number of imidazole rings is 1. The first-order chi connectivity index (χ1) is 15.8. The number of amides is 1. The van der Waals surface area contributed by atoms with Crippen molar-refractivity contribution in [1.82, 2.24) is 14.7 Å². The number of hydrogen-bond donors (Lipinski definition) is 4. The molecule has 0 spiro atoms. The number of aliphatic hydroxyl groups excluding tert-OH is 1. The van der Waals surface area contributed by atoms with Crippen molar-refractivity contribution in [3.05, 3.63) is 53.2 Å². The van der Waals surface area contributed by atoms with Crippen LogP contribution >= 0.6 is 0 Å². The summed E-state index contributed by atoms with van der Waals surface area (Å²) < 4.78 is 15.9. The molecule has 1 aromatic carbocycles.